The summed E-state index contributed by atoms with van der Waals surface area (Å²) in [5, 5.41) is 0. The summed E-state index contributed by atoms with van der Waals surface area (Å²) in [7, 11) is 0. The molecule has 0 aromatic carbocycles. The Bertz CT molecular complexity index is 1150. The summed E-state index contributed by atoms with van der Waals surface area (Å²) in [4.78, 5) is 0. The highest BCUT2D eigenvalue weighted by atomic mass is 32.2. The molecule has 548 valence electrons. The molecule has 91 heavy (non-hydrogen) atoms. The number of thioether (sulfide) groups is 2. The van der Waals surface area contributed by atoms with Gasteiger partial charge in [-0.2, -0.15) is 23.5 Å². The molecule has 0 saturated heterocycles. The van der Waals surface area contributed by atoms with Crippen molar-refractivity contribution in [2.75, 3.05) is 301 Å². The largest absolute Gasteiger partial charge is 0.378 e. The van der Waals surface area contributed by atoms with Gasteiger partial charge in [-0.25, -0.2) is 0 Å². The summed E-state index contributed by atoms with van der Waals surface area (Å²) < 4.78 is 117. The molecule has 0 spiro atoms. The number of unbranched alkanes of at least 4 members (excludes halogenated alkanes) is 18. The minimum atomic E-state index is 0.494. The predicted molar refractivity (Wildman–Crippen MR) is 366 cm³/mol. The van der Waals surface area contributed by atoms with Crippen LogP contribution in [0, 0.1) is 0 Å². The summed E-state index contributed by atoms with van der Waals surface area (Å²) in [5.41, 5.74) is 0. The quantitative estimate of drug-likeness (QED) is 0.0521. The van der Waals surface area contributed by atoms with E-state index in [4.69, 9.17) is 99.5 Å². The molecule has 0 aliphatic heterocycles. The van der Waals surface area contributed by atoms with E-state index in [0.717, 1.165) is 24.7 Å². The highest BCUT2D eigenvalue weighted by Crippen LogP contribution is 2.14. The van der Waals surface area contributed by atoms with Gasteiger partial charge in [0, 0.05) is 11.5 Å². The van der Waals surface area contributed by atoms with Crippen LogP contribution in [0.1, 0.15) is 142 Å². The van der Waals surface area contributed by atoms with E-state index in [9.17, 15) is 0 Å². The molecule has 0 aliphatic carbocycles. The van der Waals surface area contributed by atoms with Crippen LogP contribution in [-0.4, -0.2) is 301 Å². The second kappa shape index (κ2) is 89.9. The lowest BCUT2D eigenvalue weighted by Gasteiger charge is -2.09. The Balaban J connectivity index is 3.09. The number of hydrogen-bond acceptors (Lipinski definition) is 23. The van der Waals surface area contributed by atoms with Gasteiger partial charge in [-0.1, -0.05) is 129 Å². The highest BCUT2D eigenvalue weighted by Gasteiger charge is 2.02. The van der Waals surface area contributed by atoms with Crippen LogP contribution in [0.5, 0.6) is 0 Å². The lowest BCUT2D eigenvalue weighted by Crippen LogP contribution is -2.16. The van der Waals surface area contributed by atoms with E-state index in [0.29, 0.717) is 264 Å². The van der Waals surface area contributed by atoms with E-state index in [-0.39, 0.29) is 0 Å². The summed E-state index contributed by atoms with van der Waals surface area (Å²) in [6, 6.07) is 0. The van der Waals surface area contributed by atoms with Crippen molar-refractivity contribution in [3.8, 4) is 0 Å². The van der Waals surface area contributed by atoms with Crippen molar-refractivity contribution in [1.82, 2.24) is 0 Å². The molecular formula is C68H138O21S2. The van der Waals surface area contributed by atoms with Crippen LogP contribution >= 0.6 is 23.5 Å². The average molecular weight is 1360 g/mol. The predicted octanol–water partition coefficient (Wildman–Crippen LogP) is 10.6. The Labute approximate surface area is 563 Å². The van der Waals surface area contributed by atoms with Gasteiger partial charge in [0.05, 0.1) is 277 Å². The molecule has 21 nitrogen and oxygen atoms in total. The van der Waals surface area contributed by atoms with Gasteiger partial charge in [0.15, 0.2) is 0 Å². The van der Waals surface area contributed by atoms with Crippen LogP contribution < -0.4 is 0 Å². The van der Waals surface area contributed by atoms with Crippen molar-refractivity contribution in [3.63, 3.8) is 0 Å². The van der Waals surface area contributed by atoms with Crippen LogP contribution in [0.3, 0.4) is 0 Å². The molecular weight excluding hydrogens is 1220 g/mol. The summed E-state index contributed by atoms with van der Waals surface area (Å²) in [6.07, 6.45) is 27.8. The van der Waals surface area contributed by atoms with Gasteiger partial charge in [-0.15, -0.1) is 0 Å². The minimum Gasteiger partial charge on any atom is -0.378 e. The number of ether oxygens (including phenoxy) is 21. The summed E-state index contributed by atoms with van der Waals surface area (Å²) in [6.45, 7) is 26.9. The second-order valence-corrected chi connectivity index (χ2v) is 23.9. The summed E-state index contributed by atoms with van der Waals surface area (Å²) >= 11 is 4.00. The van der Waals surface area contributed by atoms with Crippen molar-refractivity contribution < 1.29 is 99.5 Å². The third kappa shape index (κ3) is 89.9. The monoisotopic (exact) mass is 1350 g/mol. The smallest absolute Gasteiger partial charge is 0.0701 e. The molecule has 0 rings (SSSR count). The SMILES string of the molecule is CCCCCCCCCCCCSCCOCCOCCOCCOCCOCCOCCOCCOCCOCCOCCOCCOCCOCCOCCOCCOCCOCCOCCOCCOCCOCCSCCCCCCCCCCCC. The lowest BCUT2D eigenvalue weighted by molar-refractivity contribution is -0.0315. The maximum Gasteiger partial charge on any atom is 0.0701 e. The van der Waals surface area contributed by atoms with Crippen molar-refractivity contribution in [1.29, 1.82) is 0 Å². The molecule has 0 saturated carbocycles. The normalized spacial score (nSPS) is 11.8. The van der Waals surface area contributed by atoms with Crippen molar-refractivity contribution >= 4 is 23.5 Å². The van der Waals surface area contributed by atoms with E-state index in [2.05, 4.69) is 13.8 Å². The highest BCUT2D eigenvalue weighted by molar-refractivity contribution is 7.99. The Hall–Kier alpha value is -0.140. The molecule has 23 heteroatoms. The van der Waals surface area contributed by atoms with Crippen molar-refractivity contribution in [2.24, 2.45) is 0 Å². The van der Waals surface area contributed by atoms with Crippen molar-refractivity contribution in [3.05, 3.63) is 0 Å². The maximum atomic E-state index is 5.68. The zero-order chi connectivity index (χ0) is 64.9. The van der Waals surface area contributed by atoms with E-state index < -0.39 is 0 Å². The average Bonchev–Trinajstić information content (AvgIpc) is 3.56. The molecule has 0 radical (unpaired) electrons. The molecule has 0 atom stereocenters. The fraction of sp³-hybridized carbons (Fsp3) is 1.00. The number of rotatable bonds is 88. The Morgan fingerprint density at radius 1 is 0.121 bits per heavy atom. The van der Waals surface area contributed by atoms with E-state index in [1.807, 2.05) is 23.5 Å². The zero-order valence-electron chi connectivity index (χ0n) is 58.1. The van der Waals surface area contributed by atoms with Crippen molar-refractivity contribution in [2.45, 2.75) is 142 Å². The fourth-order valence-corrected chi connectivity index (χ4v) is 10.0. The van der Waals surface area contributed by atoms with E-state index in [1.54, 1.807) is 0 Å². The zero-order valence-corrected chi connectivity index (χ0v) is 59.7. The third-order valence-electron chi connectivity index (χ3n) is 13.5. The van der Waals surface area contributed by atoms with Gasteiger partial charge in [-0.3, -0.25) is 0 Å². The van der Waals surface area contributed by atoms with Crippen LogP contribution in [0.15, 0.2) is 0 Å². The van der Waals surface area contributed by atoms with Gasteiger partial charge in [0.2, 0.25) is 0 Å². The maximum absolute atomic E-state index is 5.68. The first kappa shape index (κ1) is 90.9. The van der Waals surface area contributed by atoms with Gasteiger partial charge in [0.1, 0.15) is 0 Å². The molecule has 0 aromatic rings. The molecule has 0 N–H and O–H groups in total. The van der Waals surface area contributed by atoms with Crippen LogP contribution in [-0.2, 0) is 99.5 Å². The minimum absolute atomic E-state index is 0.494. The molecule has 0 fully saturated rings. The van der Waals surface area contributed by atoms with Gasteiger partial charge < -0.3 is 99.5 Å². The molecule has 0 heterocycles. The van der Waals surface area contributed by atoms with Gasteiger partial charge in [0.25, 0.3) is 0 Å². The Morgan fingerprint density at radius 3 is 0.363 bits per heavy atom. The van der Waals surface area contributed by atoms with Gasteiger partial charge >= 0.3 is 0 Å². The Morgan fingerprint density at radius 2 is 0.231 bits per heavy atom. The van der Waals surface area contributed by atoms with Crippen LogP contribution in [0.25, 0.3) is 0 Å². The van der Waals surface area contributed by atoms with Gasteiger partial charge in [-0.05, 0) is 24.3 Å². The molecule has 0 aliphatic rings. The number of hydrogen-bond donors (Lipinski definition) is 0. The standard InChI is InChI=1S/C68H138O21S2/c1-3-5-7-9-11-13-15-17-19-21-65-90-67-63-88-61-59-86-57-55-84-53-51-82-49-47-80-45-43-78-41-39-76-37-35-74-33-31-72-29-27-70-25-23-69-24-26-71-28-30-73-32-34-75-36-38-77-40-42-79-44-46-81-48-50-83-52-54-85-56-58-87-60-62-89-64-68-91-66-22-20-18-16-14-12-10-8-6-4-2/h3-68H2,1-2H3. The lowest BCUT2D eigenvalue weighted by atomic mass is 10.1. The van der Waals surface area contributed by atoms with Crippen LogP contribution in [0.2, 0.25) is 0 Å². The second-order valence-electron chi connectivity index (χ2n) is 21.4. The first-order valence-corrected chi connectivity index (χ1v) is 38.0. The summed E-state index contributed by atoms with van der Waals surface area (Å²) in [5.74, 6) is 4.60. The Kier molecular flexibility index (Phi) is 89.7. The molecule has 0 unspecified atom stereocenters. The molecule has 0 aromatic heterocycles. The fourth-order valence-electron chi connectivity index (χ4n) is 8.32. The first-order valence-electron chi connectivity index (χ1n) is 35.7. The van der Waals surface area contributed by atoms with Crippen LogP contribution in [0.4, 0.5) is 0 Å². The molecule has 0 bridgehead atoms. The third-order valence-corrected chi connectivity index (χ3v) is 15.5. The first-order chi connectivity index (χ1) is 45.4. The van der Waals surface area contributed by atoms with E-state index >= 15 is 0 Å². The molecule has 0 amide bonds. The topological polar surface area (TPSA) is 194 Å². The van der Waals surface area contributed by atoms with E-state index in [1.165, 1.54) is 140 Å².